The van der Waals surface area contributed by atoms with Crippen molar-refractivity contribution < 1.29 is 9.53 Å². The van der Waals surface area contributed by atoms with Gasteiger partial charge in [0.25, 0.3) is 5.91 Å². The van der Waals surface area contributed by atoms with Crippen molar-refractivity contribution in [2.45, 2.75) is 19.3 Å². The van der Waals surface area contributed by atoms with Gasteiger partial charge in [-0.2, -0.15) is 0 Å². The highest BCUT2D eigenvalue weighted by Crippen LogP contribution is 2.32. The number of hydrogen-bond donors (Lipinski definition) is 1. The SMILES string of the molecule is Cc1ccc(C(=O)NCC2CCOc3ccccc32)cc1. The Labute approximate surface area is 124 Å². The lowest BCUT2D eigenvalue weighted by Gasteiger charge is -2.26. The number of hydrogen-bond acceptors (Lipinski definition) is 2. The first-order valence-electron chi connectivity index (χ1n) is 7.30. The quantitative estimate of drug-likeness (QED) is 0.937. The van der Waals surface area contributed by atoms with Gasteiger partial charge in [-0.15, -0.1) is 0 Å². The number of aryl methyl sites for hydroxylation is 1. The van der Waals surface area contributed by atoms with E-state index in [2.05, 4.69) is 11.4 Å². The molecule has 0 saturated carbocycles. The monoisotopic (exact) mass is 281 g/mol. The number of nitrogens with one attached hydrogen (secondary N) is 1. The molecular weight excluding hydrogens is 262 g/mol. The molecule has 1 aliphatic heterocycles. The first kappa shape index (κ1) is 13.7. The van der Waals surface area contributed by atoms with E-state index in [-0.39, 0.29) is 5.91 Å². The summed E-state index contributed by atoms with van der Waals surface area (Å²) < 4.78 is 5.65. The molecule has 0 bridgehead atoms. The van der Waals surface area contributed by atoms with E-state index in [9.17, 15) is 4.79 Å². The Morgan fingerprint density at radius 3 is 2.76 bits per heavy atom. The van der Waals surface area contributed by atoms with Gasteiger partial charge in [0.1, 0.15) is 5.75 Å². The number of carbonyl (C=O) groups excluding carboxylic acids is 1. The summed E-state index contributed by atoms with van der Waals surface area (Å²) in [6, 6.07) is 15.7. The fourth-order valence-corrected chi connectivity index (χ4v) is 2.65. The molecule has 0 aromatic heterocycles. The number of para-hydroxylation sites is 1. The number of amides is 1. The van der Waals surface area contributed by atoms with Gasteiger partial charge in [-0.05, 0) is 37.1 Å². The van der Waals surface area contributed by atoms with Crippen molar-refractivity contribution in [3.63, 3.8) is 0 Å². The van der Waals surface area contributed by atoms with Crippen LogP contribution < -0.4 is 10.1 Å². The largest absolute Gasteiger partial charge is 0.493 e. The molecule has 3 nitrogen and oxygen atoms in total. The van der Waals surface area contributed by atoms with Crippen molar-refractivity contribution in [2.75, 3.05) is 13.2 Å². The minimum absolute atomic E-state index is 0.0148. The van der Waals surface area contributed by atoms with E-state index in [0.29, 0.717) is 24.6 Å². The third-order valence-corrected chi connectivity index (χ3v) is 3.91. The van der Waals surface area contributed by atoms with Crippen LogP contribution in [-0.2, 0) is 0 Å². The summed E-state index contributed by atoms with van der Waals surface area (Å²) in [6.45, 7) is 3.37. The van der Waals surface area contributed by atoms with Crippen LogP contribution in [0.2, 0.25) is 0 Å². The zero-order chi connectivity index (χ0) is 14.7. The number of benzene rings is 2. The second-order valence-corrected chi connectivity index (χ2v) is 5.45. The highest BCUT2D eigenvalue weighted by Gasteiger charge is 2.21. The predicted molar refractivity (Wildman–Crippen MR) is 82.8 cm³/mol. The molecule has 3 rings (SSSR count). The summed E-state index contributed by atoms with van der Waals surface area (Å²) in [7, 11) is 0. The summed E-state index contributed by atoms with van der Waals surface area (Å²) in [4.78, 5) is 12.2. The normalized spacial score (nSPS) is 16.7. The zero-order valence-electron chi connectivity index (χ0n) is 12.1. The summed E-state index contributed by atoms with van der Waals surface area (Å²) in [5.41, 5.74) is 3.05. The molecule has 0 aliphatic carbocycles. The van der Waals surface area contributed by atoms with Crippen LogP contribution in [0.4, 0.5) is 0 Å². The van der Waals surface area contributed by atoms with Gasteiger partial charge in [0.05, 0.1) is 6.61 Å². The summed E-state index contributed by atoms with van der Waals surface area (Å²) in [5.74, 6) is 1.25. The Morgan fingerprint density at radius 2 is 1.95 bits per heavy atom. The molecule has 3 heteroatoms. The zero-order valence-corrected chi connectivity index (χ0v) is 12.1. The van der Waals surface area contributed by atoms with Crippen LogP contribution >= 0.6 is 0 Å². The average Bonchev–Trinajstić information content (AvgIpc) is 2.53. The van der Waals surface area contributed by atoms with Crippen LogP contribution in [-0.4, -0.2) is 19.1 Å². The molecule has 2 aromatic carbocycles. The molecule has 21 heavy (non-hydrogen) atoms. The Kier molecular flexibility index (Phi) is 3.91. The molecule has 1 amide bonds. The Bertz CT molecular complexity index is 634. The Balaban J connectivity index is 1.66. The van der Waals surface area contributed by atoms with E-state index in [0.717, 1.165) is 17.7 Å². The predicted octanol–water partition coefficient (Wildman–Crippen LogP) is 3.29. The van der Waals surface area contributed by atoms with Gasteiger partial charge in [0.15, 0.2) is 0 Å². The molecule has 0 spiro atoms. The molecule has 1 atom stereocenters. The third kappa shape index (κ3) is 3.07. The van der Waals surface area contributed by atoms with Crippen LogP contribution in [0.1, 0.15) is 33.8 Å². The van der Waals surface area contributed by atoms with Crippen molar-refractivity contribution in [3.8, 4) is 5.75 Å². The number of fused-ring (bicyclic) bond motifs is 1. The van der Waals surface area contributed by atoms with Crippen LogP contribution in [0.15, 0.2) is 48.5 Å². The van der Waals surface area contributed by atoms with Crippen LogP contribution in [0.3, 0.4) is 0 Å². The lowest BCUT2D eigenvalue weighted by Crippen LogP contribution is -2.30. The molecular formula is C18H19NO2. The van der Waals surface area contributed by atoms with Crippen LogP contribution in [0.25, 0.3) is 0 Å². The maximum absolute atomic E-state index is 12.2. The van der Waals surface area contributed by atoms with Gasteiger partial charge in [0, 0.05) is 18.0 Å². The fourth-order valence-electron chi connectivity index (χ4n) is 2.65. The summed E-state index contributed by atoms with van der Waals surface area (Å²) >= 11 is 0. The van der Waals surface area contributed by atoms with Gasteiger partial charge < -0.3 is 10.1 Å². The van der Waals surface area contributed by atoms with E-state index in [1.54, 1.807) is 0 Å². The minimum Gasteiger partial charge on any atom is -0.493 e. The molecule has 1 N–H and O–H groups in total. The lowest BCUT2D eigenvalue weighted by atomic mass is 9.93. The summed E-state index contributed by atoms with van der Waals surface area (Å²) in [5, 5.41) is 3.03. The van der Waals surface area contributed by atoms with Crippen LogP contribution in [0.5, 0.6) is 5.75 Å². The minimum atomic E-state index is -0.0148. The van der Waals surface area contributed by atoms with Gasteiger partial charge in [-0.1, -0.05) is 35.9 Å². The third-order valence-electron chi connectivity index (χ3n) is 3.91. The van der Waals surface area contributed by atoms with Crippen molar-refractivity contribution in [2.24, 2.45) is 0 Å². The Hall–Kier alpha value is -2.29. The first-order valence-corrected chi connectivity index (χ1v) is 7.30. The second-order valence-electron chi connectivity index (χ2n) is 5.45. The van der Waals surface area contributed by atoms with Crippen molar-refractivity contribution >= 4 is 5.91 Å². The van der Waals surface area contributed by atoms with Crippen LogP contribution in [0, 0.1) is 6.92 Å². The highest BCUT2D eigenvalue weighted by molar-refractivity contribution is 5.94. The van der Waals surface area contributed by atoms with Crippen molar-refractivity contribution in [3.05, 3.63) is 65.2 Å². The molecule has 1 unspecified atom stereocenters. The Morgan fingerprint density at radius 1 is 1.19 bits per heavy atom. The van der Waals surface area contributed by atoms with Crippen molar-refractivity contribution in [1.82, 2.24) is 5.32 Å². The standard InChI is InChI=1S/C18H19NO2/c1-13-6-8-14(9-7-13)18(20)19-12-15-10-11-21-17-5-3-2-4-16(15)17/h2-9,15H,10-12H2,1H3,(H,19,20). The number of rotatable bonds is 3. The maximum Gasteiger partial charge on any atom is 0.251 e. The molecule has 108 valence electrons. The number of ether oxygens (including phenoxy) is 1. The molecule has 1 heterocycles. The van der Waals surface area contributed by atoms with Gasteiger partial charge in [-0.3, -0.25) is 4.79 Å². The molecule has 1 aliphatic rings. The highest BCUT2D eigenvalue weighted by atomic mass is 16.5. The van der Waals surface area contributed by atoms with E-state index in [1.807, 2.05) is 49.4 Å². The van der Waals surface area contributed by atoms with Gasteiger partial charge >= 0.3 is 0 Å². The second kappa shape index (κ2) is 6.00. The molecule has 0 saturated heterocycles. The summed E-state index contributed by atoms with van der Waals surface area (Å²) in [6.07, 6.45) is 0.936. The van der Waals surface area contributed by atoms with E-state index in [1.165, 1.54) is 5.56 Å². The van der Waals surface area contributed by atoms with Gasteiger partial charge in [-0.25, -0.2) is 0 Å². The van der Waals surface area contributed by atoms with E-state index in [4.69, 9.17) is 4.74 Å². The maximum atomic E-state index is 12.2. The van der Waals surface area contributed by atoms with Crippen molar-refractivity contribution in [1.29, 1.82) is 0 Å². The average molecular weight is 281 g/mol. The lowest BCUT2D eigenvalue weighted by molar-refractivity contribution is 0.0948. The van der Waals surface area contributed by atoms with E-state index < -0.39 is 0 Å². The smallest absolute Gasteiger partial charge is 0.251 e. The first-order chi connectivity index (χ1) is 10.2. The topological polar surface area (TPSA) is 38.3 Å². The molecule has 2 aromatic rings. The number of carbonyl (C=O) groups is 1. The molecule has 0 radical (unpaired) electrons. The fraction of sp³-hybridized carbons (Fsp3) is 0.278. The molecule has 0 fully saturated rings. The van der Waals surface area contributed by atoms with E-state index >= 15 is 0 Å². The van der Waals surface area contributed by atoms with Gasteiger partial charge in [0.2, 0.25) is 0 Å².